The van der Waals surface area contributed by atoms with Crippen molar-refractivity contribution in [3.63, 3.8) is 0 Å². The van der Waals surface area contributed by atoms with Gasteiger partial charge >= 0.3 is 0 Å². The molecule has 2 aliphatic heterocycles. The largest absolute Gasteiger partial charge is 0.497 e. The molecule has 0 bridgehead atoms. The maximum atomic E-state index is 9.97. The Morgan fingerprint density at radius 3 is 2.32 bits per heavy atom. The minimum Gasteiger partial charge on any atom is -0.497 e. The lowest BCUT2D eigenvalue weighted by Crippen LogP contribution is -2.40. The number of nitrogens with zero attached hydrogens (tertiary/aromatic N) is 5. The van der Waals surface area contributed by atoms with E-state index >= 15 is 0 Å². The van der Waals surface area contributed by atoms with E-state index in [1.54, 1.807) is 7.11 Å². The van der Waals surface area contributed by atoms with Gasteiger partial charge in [-0.05, 0) is 12.1 Å². The first-order valence-corrected chi connectivity index (χ1v) is 9.42. The summed E-state index contributed by atoms with van der Waals surface area (Å²) in [5.41, 5.74) is 1.94. The average molecular weight is 381 g/mol. The van der Waals surface area contributed by atoms with E-state index in [2.05, 4.69) is 15.9 Å². The van der Waals surface area contributed by atoms with Crippen LogP contribution in [0, 0.1) is 11.3 Å². The van der Waals surface area contributed by atoms with E-state index in [1.807, 2.05) is 24.3 Å². The number of aromatic nitrogens is 2. The van der Waals surface area contributed by atoms with Crippen LogP contribution >= 0.6 is 0 Å². The molecule has 3 heterocycles. The number of benzene rings is 1. The van der Waals surface area contributed by atoms with Gasteiger partial charge in [0.2, 0.25) is 5.95 Å². The van der Waals surface area contributed by atoms with Gasteiger partial charge in [-0.3, -0.25) is 0 Å². The van der Waals surface area contributed by atoms with Crippen LogP contribution in [0.5, 0.6) is 5.75 Å². The Morgan fingerprint density at radius 2 is 1.68 bits per heavy atom. The Morgan fingerprint density at radius 1 is 1.00 bits per heavy atom. The molecular formula is C20H23N5O3. The molecule has 0 spiro atoms. The van der Waals surface area contributed by atoms with Crippen LogP contribution in [0.3, 0.4) is 0 Å². The molecule has 2 aromatic rings. The molecule has 1 aromatic heterocycles. The van der Waals surface area contributed by atoms with E-state index < -0.39 is 0 Å². The van der Waals surface area contributed by atoms with Gasteiger partial charge in [0.25, 0.3) is 0 Å². The molecule has 2 aliphatic rings. The van der Waals surface area contributed by atoms with Crippen LogP contribution < -0.4 is 14.5 Å². The summed E-state index contributed by atoms with van der Waals surface area (Å²) in [5, 5.41) is 9.97. The third kappa shape index (κ3) is 3.72. The number of hydrogen-bond donors (Lipinski definition) is 0. The first-order valence-electron chi connectivity index (χ1n) is 9.42. The van der Waals surface area contributed by atoms with E-state index in [-0.39, 0.29) is 0 Å². The highest BCUT2D eigenvalue weighted by molar-refractivity contribution is 5.75. The Labute approximate surface area is 164 Å². The summed E-state index contributed by atoms with van der Waals surface area (Å²) in [7, 11) is 1.63. The fourth-order valence-electron chi connectivity index (χ4n) is 3.43. The van der Waals surface area contributed by atoms with E-state index in [9.17, 15) is 5.26 Å². The molecule has 0 N–H and O–H groups in total. The zero-order chi connectivity index (χ0) is 19.3. The molecule has 0 aliphatic carbocycles. The van der Waals surface area contributed by atoms with Crippen LogP contribution in [-0.4, -0.2) is 69.7 Å². The second-order valence-electron chi connectivity index (χ2n) is 6.61. The van der Waals surface area contributed by atoms with Crippen LogP contribution in [0.1, 0.15) is 5.56 Å². The lowest BCUT2D eigenvalue weighted by Gasteiger charge is -2.31. The lowest BCUT2D eigenvalue weighted by atomic mass is 10.1. The van der Waals surface area contributed by atoms with Gasteiger partial charge in [0.05, 0.1) is 39.2 Å². The fraction of sp³-hybridized carbons (Fsp3) is 0.450. The number of rotatable bonds is 4. The van der Waals surface area contributed by atoms with Gasteiger partial charge in [0.1, 0.15) is 17.4 Å². The summed E-state index contributed by atoms with van der Waals surface area (Å²) >= 11 is 0. The molecule has 8 nitrogen and oxygen atoms in total. The molecule has 0 atom stereocenters. The van der Waals surface area contributed by atoms with E-state index in [1.165, 1.54) is 0 Å². The first kappa shape index (κ1) is 18.5. The highest BCUT2D eigenvalue weighted by atomic mass is 16.5. The molecule has 0 saturated carbocycles. The number of morpholine rings is 2. The lowest BCUT2D eigenvalue weighted by molar-refractivity contribution is 0.121. The van der Waals surface area contributed by atoms with Gasteiger partial charge in [-0.2, -0.15) is 10.2 Å². The second-order valence-corrected chi connectivity index (χ2v) is 6.61. The summed E-state index contributed by atoms with van der Waals surface area (Å²) in [4.78, 5) is 13.8. The van der Waals surface area contributed by atoms with Crippen molar-refractivity contribution in [2.75, 3.05) is 69.5 Å². The van der Waals surface area contributed by atoms with Crippen molar-refractivity contribution < 1.29 is 14.2 Å². The summed E-state index contributed by atoms with van der Waals surface area (Å²) in [6.07, 6.45) is 0. The maximum Gasteiger partial charge on any atom is 0.228 e. The molecule has 28 heavy (non-hydrogen) atoms. The molecule has 0 radical (unpaired) electrons. The van der Waals surface area contributed by atoms with Crippen molar-refractivity contribution in [1.82, 2.24) is 9.97 Å². The Balaban J connectivity index is 1.85. The van der Waals surface area contributed by atoms with Crippen molar-refractivity contribution in [3.8, 4) is 23.1 Å². The average Bonchev–Trinajstić information content (AvgIpc) is 2.79. The molecule has 2 fully saturated rings. The van der Waals surface area contributed by atoms with Gasteiger partial charge in [-0.1, -0.05) is 12.1 Å². The van der Waals surface area contributed by atoms with Gasteiger partial charge in [0, 0.05) is 31.7 Å². The van der Waals surface area contributed by atoms with Crippen molar-refractivity contribution >= 4 is 11.8 Å². The Kier molecular flexibility index (Phi) is 5.55. The zero-order valence-corrected chi connectivity index (χ0v) is 15.9. The highest BCUT2D eigenvalue weighted by Gasteiger charge is 2.25. The van der Waals surface area contributed by atoms with E-state index in [0.29, 0.717) is 62.5 Å². The topological polar surface area (TPSA) is 83.7 Å². The molecule has 0 unspecified atom stereocenters. The van der Waals surface area contributed by atoms with Crippen molar-refractivity contribution in [2.24, 2.45) is 0 Å². The van der Waals surface area contributed by atoms with E-state index in [4.69, 9.17) is 24.2 Å². The zero-order valence-electron chi connectivity index (χ0n) is 15.9. The van der Waals surface area contributed by atoms with Gasteiger partial charge in [-0.25, -0.2) is 4.98 Å². The number of nitriles is 1. The molecule has 8 heteroatoms. The summed E-state index contributed by atoms with van der Waals surface area (Å²) in [6, 6.07) is 9.96. The molecule has 0 amide bonds. The van der Waals surface area contributed by atoms with Crippen LogP contribution in [-0.2, 0) is 9.47 Å². The van der Waals surface area contributed by atoms with Gasteiger partial charge in [0.15, 0.2) is 5.82 Å². The number of hydrogen-bond acceptors (Lipinski definition) is 8. The Bertz CT molecular complexity index is 871. The SMILES string of the molecule is COc1cccc(-c2nc(N3CCOCC3)nc(N3CCOCC3)c2C#N)c1. The minimum atomic E-state index is 0.479. The summed E-state index contributed by atoms with van der Waals surface area (Å²) < 4.78 is 16.3. The smallest absolute Gasteiger partial charge is 0.228 e. The number of anilines is 2. The molecule has 1 aromatic carbocycles. The predicted molar refractivity (Wildman–Crippen MR) is 105 cm³/mol. The number of ether oxygens (including phenoxy) is 3. The third-order valence-corrected chi connectivity index (χ3v) is 4.94. The first-order chi connectivity index (χ1) is 13.8. The van der Waals surface area contributed by atoms with Gasteiger partial charge < -0.3 is 24.0 Å². The standard InChI is InChI=1S/C20H23N5O3/c1-26-16-4-2-3-15(13-16)18-17(14-21)19(24-5-9-27-10-6-24)23-20(22-18)25-7-11-28-12-8-25/h2-4,13H,5-12H2,1H3. The minimum absolute atomic E-state index is 0.479. The van der Waals surface area contributed by atoms with E-state index in [0.717, 1.165) is 24.4 Å². The highest BCUT2D eigenvalue weighted by Crippen LogP contribution is 2.32. The Hall–Kier alpha value is -2.89. The molecule has 146 valence electrons. The molecule has 4 rings (SSSR count). The van der Waals surface area contributed by atoms with Gasteiger partial charge in [-0.15, -0.1) is 0 Å². The predicted octanol–water partition coefficient (Wildman–Crippen LogP) is 1.70. The van der Waals surface area contributed by atoms with Crippen LogP contribution in [0.15, 0.2) is 24.3 Å². The normalized spacial score (nSPS) is 17.3. The monoisotopic (exact) mass is 381 g/mol. The van der Waals surface area contributed by atoms with Crippen molar-refractivity contribution in [3.05, 3.63) is 29.8 Å². The van der Waals surface area contributed by atoms with Crippen molar-refractivity contribution in [2.45, 2.75) is 0 Å². The quantitative estimate of drug-likeness (QED) is 0.791. The second kappa shape index (κ2) is 8.42. The summed E-state index contributed by atoms with van der Waals surface area (Å²) in [6.45, 7) is 5.39. The fourth-order valence-corrected chi connectivity index (χ4v) is 3.43. The number of methoxy groups -OCH3 is 1. The summed E-state index contributed by atoms with van der Waals surface area (Å²) in [5.74, 6) is 2.02. The van der Waals surface area contributed by atoms with Crippen LogP contribution in [0.4, 0.5) is 11.8 Å². The molecular weight excluding hydrogens is 358 g/mol. The molecule has 2 saturated heterocycles. The van der Waals surface area contributed by atoms with Crippen molar-refractivity contribution in [1.29, 1.82) is 5.26 Å². The van der Waals surface area contributed by atoms with Crippen LogP contribution in [0.2, 0.25) is 0 Å². The maximum absolute atomic E-state index is 9.97. The third-order valence-electron chi connectivity index (χ3n) is 4.94. The van der Waals surface area contributed by atoms with Crippen LogP contribution in [0.25, 0.3) is 11.3 Å².